The van der Waals surface area contributed by atoms with Crippen LogP contribution in [-0.4, -0.2) is 38.8 Å². The lowest BCUT2D eigenvalue weighted by Crippen LogP contribution is -2.30. The third kappa shape index (κ3) is 5.85. The molecular formula is C32H26F3N5O2S. The quantitative estimate of drug-likeness (QED) is 0.140. The Morgan fingerprint density at radius 2 is 1.88 bits per heavy atom. The van der Waals surface area contributed by atoms with E-state index in [-0.39, 0.29) is 11.7 Å². The summed E-state index contributed by atoms with van der Waals surface area (Å²) in [6.07, 6.45) is 1.42. The number of nitrogens with zero attached hydrogens (tertiary/aromatic N) is 5. The molecule has 0 saturated carbocycles. The lowest BCUT2D eigenvalue weighted by atomic mass is 9.96. The zero-order valence-electron chi connectivity index (χ0n) is 23.2. The minimum absolute atomic E-state index is 0.0194. The fraction of sp³-hybridized carbons (Fsp3) is 0.188. The summed E-state index contributed by atoms with van der Waals surface area (Å²) in [5.41, 5.74) is 4.93. The second kappa shape index (κ2) is 11.6. The number of para-hydroxylation sites is 1. The van der Waals surface area contributed by atoms with Crippen LogP contribution in [0.1, 0.15) is 37.3 Å². The number of rotatable bonds is 7. The molecule has 1 amide bonds. The van der Waals surface area contributed by atoms with E-state index in [9.17, 15) is 18.0 Å². The van der Waals surface area contributed by atoms with E-state index in [1.54, 1.807) is 29.4 Å². The van der Waals surface area contributed by atoms with Crippen LogP contribution in [0.15, 0.2) is 95.4 Å². The van der Waals surface area contributed by atoms with Gasteiger partial charge in [-0.3, -0.25) is 14.1 Å². The highest BCUT2D eigenvalue weighted by molar-refractivity contribution is 8.15. The average Bonchev–Trinajstić information content (AvgIpc) is 3.59. The fourth-order valence-electron chi connectivity index (χ4n) is 5.06. The Morgan fingerprint density at radius 3 is 2.65 bits per heavy atom. The number of imidazole rings is 1. The number of amides is 1. The van der Waals surface area contributed by atoms with E-state index < -0.39 is 6.36 Å². The number of carbonyl (C=O) groups excluding carboxylic acids is 1. The highest BCUT2D eigenvalue weighted by Gasteiger charge is 2.32. The zero-order valence-corrected chi connectivity index (χ0v) is 24.1. The van der Waals surface area contributed by atoms with E-state index in [4.69, 9.17) is 0 Å². The summed E-state index contributed by atoms with van der Waals surface area (Å²) in [6, 6.07) is 21.4. The molecule has 5 aromatic rings. The molecule has 3 heterocycles. The molecule has 1 saturated heterocycles. The monoisotopic (exact) mass is 601 g/mol. The maximum Gasteiger partial charge on any atom is 0.573 e. The Bertz CT molecular complexity index is 1880. The van der Waals surface area contributed by atoms with Crippen LogP contribution in [0, 0.1) is 0 Å². The second-order valence-electron chi connectivity index (χ2n) is 10.1. The van der Waals surface area contributed by atoms with Crippen molar-refractivity contribution in [2.75, 3.05) is 10.7 Å². The molecule has 2 aromatic heterocycles. The Hall–Kier alpha value is -4.64. The number of carbonyl (C=O) groups is 1. The molecule has 11 heteroatoms. The third-order valence-electron chi connectivity index (χ3n) is 7.34. The van der Waals surface area contributed by atoms with E-state index >= 15 is 0 Å². The van der Waals surface area contributed by atoms with Gasteiger partial charge in [0, 0.05) is 17.1 Å². The van der Waals surface area contributed by atoms with Crippen LogP contribution < -0.4 is 9.64 Å². The van der Waals surface area contributed by atoms with Gasteiger partial charge in [0.05, 0.1) is 29.5 Å². The van der Waals surface area contributed by atoms with Crippen molar-refractivity contribution in [3.8, 4) is 17.0 Å². The van der Waals surface area contributed by atoms with E-state index in [1.165, 1.54) is 23.9 Å². The molecule has 0 N–H and O–H groups in total. The van der Waals surface area contributed by atoms with E-state index in [0.29, 0.717) is 28.0 Å². The first-order chi connectivity index (χ1) is 20.7. The van der Waals surface area contributed by atoms with Gasteiger partial charge in [-0.1, -0.05) is 49.9 Å². The maximum atomic E-state index is 12.8. The molecular weight excluding hydrogens is 575 g/mol. The van der Waals surface area contributed by atoms with Gasteiger partial charge in [0.2, 0.25) is 5.91 Å². The smallest absolute Gasteiger partial charge is 0.406 e. The molecule has 1 aliphatic rings. The lowest BCUT2D eigenvalue weighted by molar-refractivity contribution is -0.274. The van der Waals surface area contributed by atoms with Gasteiger partial charge in [0.1, 0.15) is 11.4 Å². The molecule has 1 unspecified atom stereocenters. The molecule has 1 atom stereocenters. The number of alkyl halides is 3. The minimum atomic E-state index is -4.74. The number of benzene rings is 3. The molecule has 0 aliphatic carbocycles. The van der Waals surface area contributed by atoms with Gasteiger partial charge in [-0.05, 0) is 77.4 Å². The number of hydrogen-bond donors (Lipinski definition) is 0. The number of anilines is 1. The second-order valence-corrected chi connectivity index (χ2v) is 11.0. The third-order valence-corrected chi connectivity index (χ3v) is 8.25. The van der Waals surface area contributed by atoms with Gasteiger partial charge in [-0.2, -0.15) is 5.10 Å². The summed E-state index contributed by atoms with van der Waals surface area (Å²) in [4.78, 5) is 19.0. The largest absolute Gasteiger partial charge is 0.573 e. The van der Waals surface area contributed by atoms with Gasteiger partial charge in [0.25, 0.3) is 0 Å². The van der Waals surface area contributed by atoms with Gasteiger partial charge < -0.3 is 4.74 Å². The van der Waals surface area contributed by atoms with Crippen molar-refractivity contribution in [2.45, 2.75) is 32.5 Å². The highest BCUT2D eigenvalue weighted by atomic mass is 32.2. The molecule has 6 rings (SSSR count). The molecule has 43 heavy (non-hydrogen) atoms. The number of halogens is 3. The summed E-state index contributed by atoms with van der Waals surface area (Å²) < 4.78 is 43.4. The summed E-state index contributed by atoms with van der Waals surface area (Å²) >= 11 is 1.37. The standard InChI is InChI=1S/C32H26F3N5O2S/c1-3-20(2)25-6-4-5-7-27(25)40-29(41)19-43-31(40)38-37-17-21-8-13-26-23(16-21)14-15-39-28(18-36-30(26)39)22-9-11-24(12-10-22)42-32(33,34)35/h4-18,20H,3,19H2,1-2H3. The minimum Gasteiger partial charge on any atom is -0.406 e. The van der Waals surface area contributed by atoms with E-state index in [2.05, 4.69) is 39.8 Å². The number of hydrogen-bond acceptors (Lipinski definition) is 6. The molecule has 0 radical (unpaired) electrons. The predicted octanol–water partition coefficient (Wildman–Crippen LogP) is 8.04. The Labute approximate surface area is 249 Å². The summed E-state index contributed by atoms with van der Waals surface area (Å²) in [5.74, 6) is 0.311. The van der Waals surface area contributed by atoms with Crippen LogP contribution in [-0.2, 0) is 4.79 Å². The van der Waals surface area contributed by atoms with E-state index in [1.807, 2.05) is 53.1 Å². The predicted molar refractivity (Wildman–Crippen MR) is 165 cm³/mol. The Kier molecular flexibility index (Phi) is 7.66. The SMILES string of the molecule is CCC(C)c1ccccc1N1C(=O)CSC1=NN=Cc1ccc2c(ccn3c(-c4ccc(OC(F)(F)F)cc4)cnc23)c1. The van der Waals surface area contributed by atoms with Crippen LogP contribution in [0.5, 0.6) is 5.75 Å². The molecule has 7 nitrogen and oxygen atoms in total. The van der Waals surface area contributed by atoms with Crippen LogP contribution >= 0.6 is 11.8 Å². The molecule has 3 aromatic carbocycles. The summed E-state index contributed by atoms with van der Waals surface area (Å²) in [6.45, 7) is 4.27. The normalized spacial score (nSPS) is 15.8. The topological polar surface area (TPSA) is 71.6 Å². The zero-order chi connectivity index (χ0) is 30.1. The number of aromatic nitrogens is 2. The van der Waals surface area contributed by atoms with Crippen LogP contribution in [0.25, 0.3) is 27.7 Å². The van der Waals surface area contributed by atoms with Crippen LogP contribution in [0.4, 0.5) is 18.9 Å². The summed E-state index contributed by atoms with van der Waals surface area (Å²) in [7, 11) is 0. The molecule has 0 spiro atoms. The van der Waals surface area contributed by atoms with Crippen molar-refractivity contribution in [1.29, 1.82) is 0 Å². The highest BCUT2D eigenvalue weighted by Crippen LogP contribution is 2.34. The number of ether oxygens (including phenoxy) is 1. The van der Waals surface area contributed by atoms with Gasteiger partial charge >= 0.3 is 6.36 Å². The molecule has 0 bridgehead atoms. The van der Waals surface area contributed by atoms with Gasteiger partial charge in [0.15, 0.2) is 5.17 Å². The van der Waals surface area contributed by atoms with Gasteiger partial charge in [-0.25, -0.2) is 4.98 Å². The van der Waals surface area contributed by atoms with Crippen molar-refractivity contribution in [3.63, 3.8) is 0 Å². The molecule has 1 aliphatic heterocycles. The molecule has 218 valence electrons. The first-order valence-corrected chi connectivity index (χ1v) is 14.6. The van der Waals surface area contributed by atoms with Crippen molar-refractivity contribution in [2.24, 2.45) is 10.2 Å². The van der Waals surface area contributed by atoms with E-state index in [0.717, 1.165) is 39.7 Å². The van der Waals surface area contributed by atoms with Crippen LogP contribution in [0.2, 0.25) is 0 Å². The Morgan fingerprint density at radius 1 is 1.09 bits per heavy atom. The summed E-state index contributed by atoms with van der Waals surface area (Å²) in [5, 5.41) is 11.1. The van der Waals surface area contributed by atoms with Crippen LogP contribution in [0.3, 0.4) is 0 Å². The fourth-order valence-corrected chi connectivity index (χ4v) is 5.87. The van der Waals surface area contributed by atoms with Crippen molar-refractivity contribution in [1.82, 2.24) is 9.38 Å². The van der Waals surface area contributed by atoms with Crippen molar-refractivity contribution >= 4 is 51.2 Å². The lowest BCUT2D eigenvalue weighted by Gasteiger charge is -2.22. The number of thioether (sulfide) groups is 1. The van der Waals surface area contributed by atoms with Crippen molar-refractivity contribution in [3.05, 3.63) is 96.3 Å². The number of amidine groups is 1. The average molecular weight is 602 g/mol. The van der Waals surface area contributed by atoms with Gasteiger partial charge in [-0.15, -0.1) is 18.3 Å². The first kappa shape index (κ1) is 28.5. The first-order valence-electron chi connectivity index (χ1n) is 13.6. The number of fused-ring (bicyclic) bond motifs is 3. The maximum absolute atomic E-state index is 12.8. The van der Waals surface area contributed by atoms with Crippen molar-refractivity contribution < 1.29 is 22.7 Å². The molecule has 1 fully saturated rings. The Balaban J connectivity index is 1.25. The number of pyridine rings is 1.